The predicted molar refractivity (Wildman–Crippen MR) is 89.7 cm³/mol. The maximum Gasteiger partial charge on any atom is 0.0312 e. The molecule has 104 valence electrons. The van der Waals surface area contributed by atoms with Gasteiger partial charge in [0.15, 0.2) is 0 Å². The molecule has 2 aromatic rings. The van der Waals surface area contributed by atoms with E-state index in [2.05, 4.69) is 60.3 Å². The van der Waals surface area contributed by atoms with Gasteiger partial charge < -0.3 is 0 Å². The molecule has 0 amide bonds. The van der Waals surface area contributed by atoms with Gasteiger partial charge in [-0.15, -0.1) is 5.92 Å². The van der Waals surface area contributed by atoms with Crippen molar-refractivity contribution < 1.29 is 0 Å². The van der Waals surface area contributed by atoms with Gasteiger partial charge in [-0.1, -0.05) is 5.92 Å². The summed E-state index contributed by atoms with van der Waals surface area (Å²) >= 11 is 0. The Kier molecular flexibility index (Phi) is 3.65. The maximum atomic E-state index is 3.31. The molecule has 0 aliphatic rings. The van der Waals surface area contributed by atoms with E-state index in [0.29, 0.717) is 0 Å². The van der Waals surface area contributed by atoms with Crippen molar-refractivity contribution in [1.82, 2.24) is 0 Å². The van der Waals surface area contributed by atoms with Crippen molar-refractivity contribution in [2.45, 2.75) is 55.4 Å². The molecule has 0 fully saturated rings. The van der Waals surface area contributed by atoms with E-state index in [1.807, 2.05) is 6.92 Å². The number of rotatable bonds is 0. The van der Waals surface area contributed by atoms with E-state index in [1.54, 1.807) is 0 Å². The Hall–Kier alpha value is -1.74. The Morgan fingerprint density at radius 2 is 0.900 bits per heavy atom. The van der Waals surface area contributed by atoms with Crippen molar-refractivity contribution in [3.63, 3.8) is 0 Å². The molecule has 0 spiro atoms. The van der Waals surface area contributed by atoms with Gasteiger partial charge in [-0.3, -0.25) is 0 Å². The zero-order valence-electron chi connectivity index (χ0n) is 14.0. The van der Waals surface area contributed by atoms with E-state index in [0.717, 1.165) is 0 Å². The molecule has 0 bridgehead atoms. The quantitative estimate of drug-likeness (QED) is 0.561. The average Bonchev–Trinajstić information content (AvgIpc) is 2.42. The molecule has 0 radical (unpaired) electrons. The minimum Gasteiger partial charge on any atom is -0.101 e. The lowest BCUT2D eigenvalue weighted by atomic mass is 9.83. The Labute approximate surface area is 123 Å². The van der Waals surface area contributed by atoms with E-state index in [4.69, 9.17) is 0 Å². The zero-order valence-corrected chi connectivity index (χ0v) is 14.0. The van der Waals surface area contributed by atoms with Crippen LogP contribution in [0.1, 0.15) is 51.4 Å². The van der Waals surface area contributed by atoms with Gasteiger partial charge in [0.1, 0.15) is 0 Å². The minimum atomic E-state index is 1.21. The van der Waals surface area contributed by atoms with Crippen LogP contribution >= 0.6 is 0 Å². The van der Waals surface area contributed by atoms with Crippen molar-refractivity contribution in [1.29, 1.82) is 0 Å². The highest BCUT2D eigenvalue weighted by Crippen LogP contribution is 2.36. The van der Waals surface area contributed by atoms with E-state index in [-0.39, 0.29) is 0 Å². The molecule has 2 aromatic carbocycles. The minimum absolute atomic E-state index is 1.21. The highest BCUT2D eigenvalue weighted by molar-refractivity contribution is 5.98. The molecular weight excluding hydrogens is 240 g/mol. The Morgan fingerprint density at radius 3 is 1.35 bits per heavy atom. The molecule has 0 nitrogen and oxygen atoms in total. The molecule has 2 rings (SSSR count). The fourth-order valence-corrected chi connectivity index (χ4v) is 3.34. The summed E-state index contributed by atoms with van der Waals surface area (Å²) in [6.45, 7) is 17.5. The van der Waals surface area contributed by atoms with Crippen molar-refractivity contribution in [3.8, 4) is 11.8 Å². The van der Waals surface area contributed by atoms with Gasteiger partial charge in [0.2, 0.25) is 0 Å². The molecule has 0 unspecified atom stereocenters. The number of hydrogen-bond acceptors (Lipinski definition) is 0. The van der Waals surface area contributed by atoms with Gasteiger partial charge in [-0.2, -0.15) is 0 Å². The molecule has 0 heterocycles. The van der Waals surface area contributed by atoms with Gasteiger partial charge in [0.25, 0.3) is 0 Å². The lowest BCUT2D eigenvalue weighted by Gasteiger charge is -2.21. The Bertz CT molecular complexity index is 778. The molecule has 0 saturated heterocycles. The van der Waals surface area contributed by atoms with Crippen LogP contribution in [0.4, 0.5) is 0 Å². The third-order valence-electron chi connectivity index (χ3n) is 5.00. The van der Waals surface area contributed by atoms with Gasteiger partial charge >= 0.3 is 0 Å². The summed E-state index contributed by atoms with van der Waals surface area (Å²) in [5.41, 5.74) is 10.9. The highest BCUT2D eigenvalue weighted by atomic mass is 14.2. The van der Waals surface area contributed by atoms with Crippen LogP contribution in [0.15, 0.2) is 0 Å². The van der Waals surface area contributed by atoms with Crippen LogP contribution in [0.2, 0.25) is 0 Å². The van der Waals surface area contributed by atoms with Crippen LogP contribution in [0.25, 0.3) is 10.8 Å². The molecular formula is C20H24. The first-order valence-corrected chi connectivity index (χ1v) is 7.25. The van der Waals surface area contributed by atoms with Crippen LogP contribution in [-0.4, -0.2) is 0 Å². The average molecular weight is 264 g/mol. The Balaban J connectivity index is 3.20. The largest absolute Gasteiger partial charge is 0.101 e. The first kappa shape index (κ1) is 14.7. The molecule has 0 aliphatic carbocycles. The van der Waals surface area contributed by atoms with Crippen LogP contribution < -0.4 is 0 Å². The normalized spacial score (nSPS) is 10.6. The summed E-state index contributed by atoms with van der Waals surface area (Å²) in [5.74, 6) is 6.38. The molecule has 0 saturated carbocycles. The summed E-state index contributed by atoms with van der Waals surface area (Å²) in [7, 11) is 0. The molecule has 0 atom stereocenters. The topological polar surface area (TPSA) is 0 Å². The summed E-state index contributed by atoms with van der Waals surface area (Å²) in [5, 5.41) is 2.84. The summed E-state index contributed by atoms with van der Waals surface area (Å²) in [6, 6.07) is 0. The van der Waals surface area contributed by atoms with Crippen molar-refractivity contribution >= 4 is 10.8 Å². The Morgan fingerprint density at radius 1 is 0.500 bits per heavy atom. The molecule has 0 aliphatic heterocycles. The SMILES string of the molecule is CC#Cc1c(C)c(C)c2c(C)c(C)c(C)c(C)c2c1C. The highest BCUT2D eigenvalue weighted by Gasteiger charge is 2.17. The third-order valence-corrected chi connectivity index (χ3v) is 5.00. The van der Waals surface area contributed by atoms with Crippen LogP contribution in [0.3, 0.4) is 0 Å². The fraction of sp³-hybridized carbons (Fsp3) is 0.400. The summed E-state index contributed by atoms with van der Waals surface area (Å²) in [4.78, 5) is 0. The van der Waals surface area contributed by atoms with Gasteiger partial charge in [0, 0.05) is 5.56 Å². The van der Waals surface area contributed by atoms with Gasteiger partial charge in [0.05, 0.1) is 0 Å². The van der Waals surface area contributed by atoms with Crippen LogP contribution in [0.5, 0.6) is 0 Å². The first-order chi connectivity index (χ1) is 9.32. The molecule has 20 heavy (non-hydrogen) atoms. The first-order valence-electron chi connectivity index (χ1n) is 7.25. The number of hydrogen-bond donors (Lipinski definition) is 0. The predicted octanol–water partition coefficient (Wildman–Crippen LogP) is 5.37. The number of benzene rings is 2. The smallest absolute Gasteiger partial charge is 0.0312 e. The molecule has 0 aromatic heterocycles. The van der Waals surface area contributed by atoms with Crippen LogP contribution in [0, 0.1) is 60.3 Å². The van der Waals surface area contributed by atoms with E-state index in [9.17, 15) is 0 Å². The van der Waals surface area contributed by atoms with E-state index >= 15 is 0 Å². The van der Waals surface area contributed by atoms with E-state index < -0.39 is 0 Å². The second kappa shape index (κ2) is 4.98. The summed E-state index contributed by atoms with van der Waals surface area (Å²) in [6.07, 6.45) is 0. The number of fused-ring (bicyclic) bond motifs is 1. The van der Waals surface area contributed by atoms with Crippen molar-refractivity contribution in [2.24, 2.45) is 0 Å². The van der Waals surface area contributed by atoms with Gasteiger partial charge in [-0.05, 0) is 105 Å². The second-order valence-electron chi connectivity index (χ2n) is 5.88. The summed E-state index contributed by atoms with van der Waals surface area (Å²) < 4.78 is 0. The maximum absolute atomic E-state index is 3.31. The zero-order chi connectivity index (χ0) is 15.2. The monoisotopic (exact) mass is 264 g/mol. The lowest BCUT2D eigenvalue weighted by molar-refractivity contribution is 1.22. The number of aryl methyl sites for hydroxylation is 4. The molecule has 0 N–H and O–H groups in total. The van der Waals surface area contributed by atoms with Crippen molar-refractivity contribution in [3.05, 3.63) is 44.5 Å². The van der Waals surface area contributed by atoms with Crippen molar-refractivity contribution in [2.75, 3.05) is 0 Å². The third kappa shape index (κ3) is 1.85. The fourth-order valence-electron chi connectivity index (χ4n) is 3.34. The second-order valence-corrected chi connectivity index (χ2v) is 5.88. The molecule has 0 heteroatoms. The lowest BCUT2D eigenvalue weighted by Crippen LogP contribution is -2.02. The standard InChI is InChI=1S/C20H24/c1-9-10-18-13(4)16(7)19-14(5)11(2)12(3)15(6)20(19)17(18)8/h1-8H3. The van der Waals surface area contributed by atoms with Crippen LogP contribution in [-0.2, 0) is 0 Å². The van der Waals surface area contributed by atoms with Gasteiger partial charge in [-0.25, -0.2) is 0 Å². The van der Waals surface area contributed by atoms with E-state index in [1.165, 1.54) is 55.3 Å².